The van der Waals surface area contributed by atoms with E-state index < -0.39 is 0 Å². The van der Waals surface area contributed by atoms with Gasteiger partial charge in [-0.15, -0.1) is 0 Å². The van der Waals surface area contributed by atoms with Gasteiger partial charge < -0.3 is 10.5 Å². The molecule has 1 heterocycles. The highest BCUT2D eigenvalue weighted by atomic mass is 16.5. The number of hydrogen-bond acceptors (Lipinski definition) is 4. The van der Waals surface area contributed by atoms with Gasteiger partial charge in [-0.1, -0.05) is 0 Å². The molecular weight excluding hydrogens is 166 g/mol. The lowest BCUT2D eigenvalue weighted by Crippen LogP contribution is -2.43. The van der Waals surface area contributed by atoms with Crippen LogP contribution in [0.4, 0.5) is 0 Å². The Morgan fingerprint density at radius 3 is 2.69 bits per heavy atom. The van der Waals surface area contributed by atoms with Gasteiger partial charge in [0.15, 0.2) is 0 Å². The van der Waals surface area contributed by atoms with Crippen LogP contribution < -0.4 is 10.5 Å². The second-order valence-electron chi connectivity index (χ2n) is 3.42. The molecule has 1 fully saturated rings. The number of rotatable bonds is 2. The molecule has 1 aromatic rings. The topological polar surface area (TPSA) is 61.0 Å². The summed E-state index contributed by atoms with van der Waals surface area (Å²) < 4.78 is 5.60. The maximum absolute atomic E-state index is 5.64. The van der Waals surface area contributed by atoms with Crippen molar-refractivity contribution in [1.82, 2.24) is 9.97 Å². The van der Waals surface area contributed by atoms with Gasteiger partial charge in [-0.05, 0) is 19.8 Å². The van der Waals surface area contributed by atoms with E-state index in [2.05, 4.69) is 9.97 Å². The maximum atomic E-state index is 5.64. The first-order chi connectivity index (χ1) is 6.25. The predicted octanol–water partition coefficient (Wildman–Crippen LogP) is 0.654. The highest BCUT2D eigenvalue weighted by Crippen LogP contribution is 2.23. The molecule has 1 saturated carbocycles. The molecule has 1 aromatic heterocycles. The fraction of sp³-hybridized carbons (Fsp3) is 0.556. The van der Waals surface area contributed by atoms with Gasteiger partial charge >= 0.3 is 0 Å². The minimum Gasteiger partial charge on any atom is -0.473 e. The SMILES string of the molecule is Cc1nccnc1OC1CC(N)C1. The van der Waals surface area contributed by atoms with Crippen LogP contribution in [0.5, 0.6) is 5.88 Å². The first-order valence-electron chi connectivity index (χ1n) is 4.45. The lowest BCUT2D eigenvalue weighted by atomic mass is 9.90. The summed E-state index contributed by atoms with van der Waals surface area (Å²) in [6.45, 7) is 1.89. The molecule has 0 radical (unpaired) electrons. The molecule has 0 amide bonds. The Hall–Kier alpha value is -1.16. The quantitative estimate of drug-likeness (QED) is 0.724. The number of hydrogen-bond donors (Lipinski definition) is 1. The largest absolute Gasteiger partial charge is 0.473 e. The molecule has 0 aliphatic heterocycles. The Morgan fingerprint density at radius 2 is 2.08 bits per heavy atom. The van der Waals surface area contributed by atoms with Gasteiger partial charge in [-0.3, -0.25) is 4.98 Å². The standard InChI is InChI=1S/C9H13N3O/c1-6-9(12-3-2-11-6)13-8-4-7(10)5-8/h2-3,7-8H,4-5,10H2,1H3. The average molecular weight is 179 g/mol. The monoisotopic (exact) mass is 179 g/mol. The smallest absolute Gasteiger partial charge is 0.235 e. The number of nitrogens with two attached hydrogens (primary N) is 1. The summed E-state index contributed by atoms with van der Waals surface area (Å²) in [6, 6.07) is 0.307. The van der Waals surface area contributed by atoms with Crippen LogP contribution >= 0.6 is 0 Å². The summed E-state index contributed by atoms with van der Waals surface area (Å²) >= 11 is 0. The zero-order valence-corrected chi connectivity index (χ0v) is 7.60. The molecule has 0 bridgehead atoms. The van der Waals surface area contributed by atoms with E-state index >= 15 is 0 Å². The van der Waals surface area contributed by atoms with Gasteiger partial charge in [0.1, 0.15) is 6.10 Å². The zero-order chi connectivity index (χ0) is 9.26. The fourth-order valence-electron chi connectivity index (χ4n) is 1.37. The molecular formula is C9H13N3O. The third-order valence-electron chi connectivity index (χ3n) is 2.25. The molecule has 13 heavy (non-hydrogen) atoms. The van der Waals surface area contributed by atoms with Crippen LogP contribution in [0.1, 0.15) is 18.5 Å². The van der Waals surface area contributed by atoms with Crippen molar-refractivity contribution in [2.24, 2.45) is 5.73 Å². The van der Waals surface area contributed by atoms with Crippen molar-refractivity contribution in [3.05, 3.63) is 18.1 Å². The second-order valence-corrected chi connectivity index (χ2v) is 3.42. The highest BCUT2D eigenvalue weighted by Gasteiger charge is 2.28. The van der Waals surface area contributed by atoms with Crippen LogP contribution in [-0.4, -0.2) is 22.1 Å². The summed E-state index contributed by atoms with van der Waals surface area (Å²) in [5, 5.41) is 0. The predicted molar refractivity (Wildman–Crippen MR) is 48.4 cm³/mol. The van der Waals surface area contributed by atoms with Gasteiger partial charge in [0.05, 0.1) is 5.69 Å². The molecule has 4 nitrogen and oxygen atoms in total. The molecule has 1 aliphatic carbocycles. The van der Waals surface area contributed by atoms with Crippen LogP contribution in [0.3, 0.4) is 0 Å². The van der Waals surface area contributed by atoms with E-state index in [0.29, 0.717) is 11.9 Å². The van der Waals surface area contributed by atoms with Crippen molar-refractivity contribution in [1.29, 1.82) is 0 Å². The molecule has 2 rings (SSSR count). The minimum atomic E-state index is 0.241. The molecule has 0 aromatic carbocycles. The Bertz CT molecular complexity index is 297. The Morgan fingerprint density at radius 1 is 1.38 bits per heavy atom. The summed E-state index contributed by atoms with van der Waals surface area (Å²) in [6.07, 6.45) is 5.40. The van der Waals surface area contributed by atoms with Gasteiger partial charge in [0.2, 0.25) is 5.88 Å². The third kappa shape index (κ3) is 1.78. The number of aromatic nitrogens is 2. The summed E-state index contributed by atoms with van der Waals surface area (Å²) in [7, 11) is 0. The third-order valence-corrected chi connectivity index (χ3v) is 2.25. The average Bonchev–Trinajstić information content (AvgIpc) is 2.06. The van der Waals surface area contributed by atoms with Crippen molar-refractivity contribution in [2.45, 2.75) is 31.9 Å². The van der Waals surface area contributed by atoms with E-state index in [1.165, 1.54) is 0 Å². The van der Waals surface area contributed by atoms with Crippen LogP contribution in [0.15, 0.2) is 12.4 Å². The lowest BCUT2D eigenvalue weighted by Gasteiger charge is -2.32. The van der Waals surface area contributed by atoms with Gasteiger partial charge in [0, 0.05) is 18.4 Å². The van der Waals surface area contributed by atoms with Gasteiger partial charge in [-0.25, -0.2) is 4.98 Å². The number of ether oxygens (including phenoxy) is 1. The van der Waals surface area contributed by atoms with Crippen LogP contribution in [0.2, 0.25) is 0 Å². The van der Waals surface area contributed by atoms with Crippen molar-refractivity contribution in [3.8, 4) is 5.88 Å². The van der Waals surface area contributed by atoms with Gasteiger partial charge in [-0.2, -0.15) is 0 Å². The van der Waals surface area contributed by atoms with Crippen LogP contribution in [0.25, 0.3) is 0 Å². The van der Waals surface area contributed by atoms with E-state index in [-0.39, 0.29) is 6.10 Å². The second kappa shape index (κ2) is 3.30. The maximum Gasteiger partial charge on any atom is 0.235 e. The first kappa shape index (κ1) is 8.44. The molecule has 1 aliphatic rings. The zero-order valence-electron chi connectivity index (χ0n) is 7.60. The van der Waals surface area contributed by atoms with Gasteiger partial charge in [0.25, 0.3) is 0 Å². The van der Waals surface area contributed by atoms with E-state index in [1.54, 1.807) is 12.4 Å². The summed E-state index contributed by atoms with van der Waals surface area (Å²) in [5.41, 5.74) is 6.48. The Labute approximate surface area is 77.1 Å². The van der Waals surface area contributed by atoms with E-state index in [1.807, 2.05) is 6.92 Å². The number of nitrogens with zero attached hydrogens (tertiary/aromatic N) is 2. The summed E-state index contributed by atoms with van der Waals surface area (Å²) in [4.78, 5) is 8.19. The molecule has 0 saturated heterocycles. The van der Waals surface area contributed by atoms with E-state index in [4.69, 9.17) is 10.5 Å². The highest BCUT2D eigenvalue weighted by molar-refractivity contribution is 5.15. The molecule has 0 spiro atoms. The molecule has 70 valence electrons. The van der Waals surface area contributed by atoms with Crippen molar-refractivity contribution < 1.29 is 4.74 Å². The summed E-state index contributed by atoms with van der Waals surface area (Å²) in [5.74, 6) is 0.638. The molecule has 0 unspecified atom stereocenters. The van der Waals surface area contributed by atoms with Crippen molar-refractivity contribution in [2.75, 3.05) is 0 Å². The van der Waals surface area contributed by atoms with Crippen molar-refractivity contribution in [3.63, 3.8) is 0 Å². The molecule has 2 N–H and O–H groups in total. The van der Waals surface area contributed by atoms with E-state index in [0.717, 1.165) is 18.5 Å². The Kier molecular flexibility index (Phi) is 2.14. The van der Waals surface area contributed by atoms with Crippen molar-refractivity contribution >= 4 is 0 Å². The lowest BCUT2D eigenvalue weighted by molar-refractivity contribution is 0.0944. The first-order valence-corrected chi connectivity index (χ1v) is 4.45. The normalized spacial score (nSPS) is 26.6. The molecule has 0 atom stereocenters. The number of aryl methyl sites for hydroxylation is 1. The van der Waals surface area contributed by atoms with E-state index in [9.17, 15) is 0 Å². The Balaban J connectivity index is 1.98. The van der Waals surface area contributed by atoms with Crippen LogP contribution in [-0.2, 0) is 0 Å². The van der Waals surface area contributed by atoms with Crippen LogP contribution in [0, 0.1) is 6.92 Å². The molecule has 4 heteroatoms. The minimum absolute atomic E-state index is 0.241. The fourth-order valence-corrected chi connectivity index (χ4v) is 1.37.